The zero-order valence-electron chi connectivity index (χ0n) is 16.2. The lowest BCUT2D eigenvalue weighted by Crippen LogP contribution is -2.24. The number of hydrogen-bond donors (Lipinski definition) is 2. The van der Waals surface area contributed by atoms with E-state index in [0.717, 1.165) is 10.7 Å². The fourth-order valence-electron chi connectivity index (χ4n) is 3.26. The first-order chi connectivity index (χ1) is 14.5. The van der Waals surface area contributed by atoms with Gasteiger partial charge in [-0.05, 0) is 36.4 Å². The summed E-state index contributed by atoms with van der Waals surface area (Å²) < 4.78 is 0. The molecule has 1 saturated heterocycles. The summed E-state index contributed by atoms with van der Waals surface area (Å²) in [6, 6.07) is 16.1. The average molecular weight is 421 g/mol. The first-order valence-corrected chi connectivity index (χ1v) is 10.2. The molecule has 3 aromatic rings. The minimum atomic E-state index is -0.319. The maximum Gasteiger partial charge on any atom is 0.257 e. The third kappa shape index (κ3) is 4.36. The van der Waals surface area contributed by atoms with E-state index in [0.29, 0.717) is 29.3 Å². The third-order valence-corrected chi connectivity index (χ3v) is 5.67. The number of carbonyl (C=O) groups is 3. The van der Waals surface area contributed by atoms with Crippen LogP contribution in [0.1, 0.15) is 34.6 Å². The Morgan fingerprint density at radius 1 is 1.03 bits per heavy atom. The molecule has 1 fully saturated rings. The van der Waals surface area contributed by atoms with Gasteiger partial charge in [0.1, 0.15) is 5.01 Å². The van der Waals surface area contributed by atoms with Gasteiger partial charge in [0.2, 0.25) is 16.9 Å². The molecule has 0 radical (unpaired) electrons. The van der Waals surface area contributed by atoms with Crippen molar-refractivity contribution in [1.29, 1.82) is 0 Å². The van der Waals surface area contributed by atoms with Crippen molar-refractivity contribution in [1.82, 2.24) is 10.2 Å². The Morgan fingerprint density at radius 3 is 2.47 bits per heavy atom. The van der Waals surface area contributed by atoms with Crippen LogP contribution >= 0.6 is 11.3 Å². The minimum Gasteiger partial charge on any atom is -0.326 e. The average Bonchev–Trinajstić information content (AvgIpc) is 3.35. The number of nitrogens with zero attached hydrogens (tertiary/aromatic N) is 3. The van der Waals surface area contributed by atoms with Gasteiger partial charge in [0.05, 0.1) is 0 Å². The van der Waals surface area contributed by atoms with Gasteiger partial charge in [-0.15, -0.1) is 10.2 Å². The highest BCUT2D eigenvalue weighted by atomic mass is 32.1. The minimum absolute atomic E-state index is 0.0474. The lowest BCUT2D eigenvalue weighted by Gasteiger charge is -2.15. The molecule has 0 saturated carbocycles. The molecule has 2 aromatic carbocycles. The monoisotopic (exact) mass is 421 g/mol. The van der Waals surface area contributed by atoms with Gasteiger partial charge in [0.15, 0.2) is 0 Å². The second kappa shape index (κ2) is 8.42. The van der Waals surface area contributed by atoms with Crippen molar-refractivity contribution in [3.8, 4) is 0 Å². The van der Waals surface area contributed by atoms with Crippen LogP contribution < -0.4 is 15.5 Å². The third-order valence-electron chi connectivity index (χ3n) is 4.67. The van der Waals surface area contributed by atoms with E-state index in [-0.39, 0.29) is 23.6 Å². The van der Waals surface area contributed by atoms with Crippen molar-refractivity contribution >= 4 is 45.6 Å². The zero-order valence-corrected chi connectivity index (χ0v) is 17.0. The van der Waals surface area contributed by atoms with Crippen molar-refractivity contribution in [3.05, 3.63) is 65.2 Å². The molecule has 3 amide bonds. The maximum absolute atomic E-state index is 12.4. The summed E-state index contributed by atoms with van der Waals surface area (Å²) in [5.41, 5.74) is 1.92. The standard InChI is InChI=1S/C21H19N5O3S/c1-13(27)22-16-9-7-14(8-10-16)19(29)23-21-25-24-20(30-21)15-11-18(28)26(12-15)17-5-3-2-4-6-17/h2-10,15H,11-12H2,1H3,(H,22,27)(H,23,25,29)/t15-/m0/s1. The molecule has 2 heterocycles. The molecule has 2 N–H and O–H groups in total. The Kier molecular flexibility index (Phi) is 5.53. The second-order valence-electron chi connectivity index (χ2n) is 6.90. The van der Waals surface area contributed by atoms with Gasteiger partial charge in [-0.1, -0.05) is 29.5 Å². The molecule has 0 bridgehead atoms. The quantitative estimate of drug-likeness (QED) is 0.658. The van der Waals surface area contributed by atoms with Crippen molar-refractivity contribution in [2.45, 2.75) is 19.3 Å². The lowest BCUT2D eigenvalue weighted by atomic mass is 10.1. The molecule has 0 aliphatic carbocycles. The fourth-order valence-corrected chi connectivity index (χ4v) is 4.09. The second-order valence-corrected chi connectivity index (χ2v) is 7.91. The Labute approximate surface area is 176 Å². The van der Waals surface area contributed by atoms with Crippen molar-refractivity contribution in [3.63, 3.8) is 0 Å². The van der Waals surface area contributed by atoms with E-state index in [1.807, 2.05) is 30.3 Å². The molecule has 0 unspecified atom stereocenters. The molecule has 152 valence electrons. The predicted molar refractivity (Wildman–Crippen MR) is 115 cm³/mol. The van der Waals surface area contributed by atoms with E-state index in [1.54, 1.807) is 29.2 Å². The van der Waals surface area contributed by atoms with E-state index < -0.39 is 0 Å². The van der Waals surface area contributed by atoms with Crippen LogP contribution in [0, 0.1) is 0 Å². The molecule has 1 aliphatic rings. The summed E-state index contributed by atoms with van der Waals surface area (Å²) in [7, 11) is 0. The summed E-state index contributed by atoms with van der Waals surface area (Å²) in [6.07, 6.45) is 0.363. The molecule has 1 atom stereocenters. The van der Waals surface area contributed by atoms with Gasteiger partial charge < -0.3 is 10.2 Å². The van der Waals surface area contributed by atoms with Crippen LogP contribution in [0.25, 0.3) is 0 Å². The molecular weight excluding hydrogens is 402 g/mol. The molecule has 30 heavy (non-hydrogen) atoms. The Balaban J connectivity index is 1.40. The first-order valence-electron chi connectivity index (χ1n) is 9.37. The number of aromatic nitrogens is 2. The van der Waals surface area contributed by atoms with E-state index in [2.05, 4.69) is 20.8 Å². The van der Waals surface area contributed by atoms with Crippen LogP contribution in [0.5, 0.6) is 0 Å². The summed E-state index contributed by atoms with van der Waals surface area (Å²) in [5.74, 6) is -0.505. The highest BCUT2D eigenvalue weighted by Gasteiger charge is 2.33. The normalized spacial score (nSPS) is 15.8. The van der Waals surface area contributed by atoms with E-state index in [9.17, 15) is 14.4 Å². The van der Waals surface area contributed by atoms with Crippen LogP contribution in [-0.2, 0) is 9.59 Å². The lowest BCUT2D eigenvalue weighted by molar-refractivity contribution is -0.117. The van der Waals surface area contributed by atoms with Gasteiger partial charge in [-0.2, -0.15) is 0 Å². The van der Waals surface area contributed by atoms with Gasteiger partial charge in [0.25, 0.3) is 5.91 Å². The smallest absolute Gasteiger partial charge is 0.257 e. The summed E-state index contributed by atoms with van der Waals surface area (Å²) >= 11 is 1.27. The zero-order chi connectivity index (χ0) is 21.1. The van der Waals surface area contributed by atoms with Crippen LogP contribution in [0.4, 0.5) is 16.5 Å². The molecule has 4 rings (SSSR count). The van der Waals surface area contributed by atoms with Gasteiger partial charge in [-0.25, -0.2) is 0 Å². The summed E-state index contributed by atoms with van der Waals surface area (Å²) in [5, 5.41) is 14.7. The SMILES string of the molecule is CC(=O)Nc1ccc(C(=O)Nc2nnc([C@H]3CC(=O)N(c4ccccc4)C3)s2)cc1. The summed E-state index contributed by atoms with van der Waals surface area (Å²) in [4.78, 5) is 37.7. The summed E-state index contributed by atoms with van der Waals surface area (Å²) in [6.45, 7) is 1.96. The number of carbonyl (C=O) groups excluding carboxylic acids is 3. The number of hydrogen-bond acceptors (Lipinski definition) is 6. The maximum atomic E-state index is 12.4. The highest BCUT2D eigenvalue weighted by Crippen LogP contribution is 2.34. The van der Waals surface area contributed by atoms with Crippen LogP contribution in [0.15, 0.2) is 54.6 Å². The Hall–Kier alpha value is -3.59. The number of nitrogens with one attached hydrogen (secondary N) is 2. The Morgan fingerprint density at radius 2 is 1.77 bits per heavy atom. The molecule has 1 aliphatic heterocycles. The van der Waals surface area contributed by atoms with Gasteiger partial charge >= 0.3 is 0 Å². The van der Waals surface area contributed by atoms with E-state index in [4.69, 9.17) is 0 Å². The van der Waals surface area contributed by atoms with Crippen molar-refractivity contribution < 1.29 is 14.4 Å². The first kappa shape index (κ1) is 19.7. The van der Waals surface area contributed by atoms with Gasteiger partial charge in [0, 0.05) is 42.7 Å². The van der Waals surface area contributed by atoms with Gasteiger partial charge in [-0.3, -0.25) is 19.7 Å². The topological polar surface area (TPSA) is 104 Å². The number of rotatable bonds is 5. The number of amides is 3. The largest absolute Gasteiger partial charge is 0.326 e. The molecule has 9 heteroatoms. The van der Waals surface area contributed by atoms with Crippen LogP contribution in [-0.4, -0.2) is 34.5 Å². The molecule has 1 aromatic heterocycles. The highest BCUT2D eigenvalue weighted by molar-refractivity contribution is 7.15. The molecule has 8 nitrogen and oxygen atoms in total. The predicted octanol–water partition coefficient (Wildman–Crippen LogP) is 3.27. The van der Waals surface area contributed by atoms with Crippen molar-refractivity contribution in [2.75, 3.05) is 22.1 Å². The fraction of sp³-hybridized carbons (Fsp3) is 0.190. The van der Waals surface area contributed by atoms with Crippen LogP contribution in [0.2, 0.25) is 0 Å². The van der Waals surface area contributed by atoms with E-state index >= 15 is 0 Å². The number of anilines is 3. The Bertz CT molecular complexity index is 1080. The number of benzene rings is 2. The molecular formula is C21H19N5O3S. The molecule has 0 spiro atoms. The van der Waals surface area contributed by atoms with Crippen LogP contribution in [0.3, 0.4) is 0 Å². The van der Waals surface area contributed by atoms with Crippen molar-refractivity contribution in [2.24, 2.45) is 0 Å². The van der Waals surface area contributed by atoms with E-state index in [1.165, 1.54) is 18.3 Å². The number of para-hydroxylation sites is 1.